The SMILES string of the molecule is O=C1CC(OCc2cn(-c3ccc([N+](=O)[O-])cc3)nn2)C(=O)N1. The highest BCUT2D eigenvalue weighted by Crippen LogP contribution is 2.15. The van der Waals surface area contributed by atoms with Crippen molar-refractivity contribution in [2.75, 3.05) is 0 Å². The van der Waals surface area contributed by atoms with Crippen LogP contribution in [0.4, 0.5) is 5.69 Å². The van der Waals surface area contributed by atoms with Crippen molar-refractivity contribution < 1.29 is 19.2 Å². The molecule has 1 saturated heterocycles. The molecule has 2 heterocycles. The predicted octanol–water partition coefficient (Wildman–Crippen LogP) is 0.107. The minimum atomic E-state index is -0.813. The number of ether oxygens (including phenoxy) is 1. The van der Waals surface area contributed by atoms with Crippen molar-refractivity contribution in [3.63, 3.8) is 0 Å². The highest BCUT2D eigenvalue weighted by atomic mass is 16.6. The Hall–Kier alpha value is -3.14. The van der Waals surface area contributed by atoms with Gasteiger partial charge in [-0.25, -0.2) is 4.68 Å². The van der Waals surface area contributed by atoms with E-state index in [1.54, 1.807) is 18.3 Å². The smallest absolute Gasteiger partial charge is 0.269 e. The Morgan fingerprint density at radius 3 is 2.70 bits per heavy atom. The first-order chi connectivity index (χ1) is 11.0. The summed E-state index contributed by atoms with van der Waals surface area (Å²) in [5.74, 6) is -0.827. The van der Waals surface area contributed by atoms with Crippen LogP contribution in [0.3, 0.4) is 0 Å². The lowest BCUT2D eigenvalue weighted by molar-refractivity contribution is -0.384. The third-order valence-corrected chi connectivity index (χ3v) is 3.22. The van der Waals surface area contributed by atoms with Gasteiger partial charge in [-0.15, -0.1) is 5.10 Å². The van der Waals surface area contributed by atoms with Crippen LogP contribution in [-0.2, 0) is 20.9 Å². The van der Waals surface area contributed by atoms with E-state index in [4.69, 9.17) is 4.74 Å². The maximum atomic E-state index is 11.4. The molecule has 0 radical (unpaired) electrons. The highest BCUT2D eigenvalue weighted by Gasteiger charge is 2.31. The molecule has 1 unspecified atom stereocenters. The van der Waals surface area contributed by atoms with Gasteiger partial charge in [0, 0.05) is 12.1 Å². The molecule has 10 heteroatoms. The average Bonchev–Trinajstić information content (AvgIpc) is 3.11. The number of hydrogen-bond acceptors (Lipinski definition) is 7. The zero-order valence-electron chi connectivity index (χ0n) is 11.7. The number of nitro benzene ring substituents is 1. The van der Waals surface area contributed by atoms with Crippen LogP contribution >= 0.6 is 0 Å². The summed E-state index contributed by atoms with van der Waals surface area (Å²) >= 11 is 0. The molecule has 23 heavy (non-hydrogen) atoms. The van der Waals surface area contributed by atoms with Crippen molar-refractivity contribution in [2.45, 2.75) is 19.1 Å². The lowest BCUT2D eigenvalue weighted by Crippen LogP contribution is -2.26. The lowest BCUT2D eigenvalue weighted by Gasteiger charge is -2.05. The molecule has 0 saturated carbocycles. The van der Waals surface area contributed by atoms with Gasteiger partial charge in [-0.05, 0) is 12.1 Å². The Morgan fingerprint density at radius 1 is 1.35 bits per heavy atom. The largest absolute Gasteiger partial charge is 0.361 e. The lowest BCUT2D eigenvalue weighted by atomic mass is 10.3. The van der Waals surface area contributed by atoms with Crippen LogP contribution in [0.25, 0.3) is 5.69 Å². The van der Waals surface area contributed by atoms with E-state index in [-0.39, 0.29) is 24.6 Å². The maximum Gasteiger partial charge on any atom is 0.269 e. The van der Waals surface area contributed by atoms with Crippen LogP contribution in [0, 0.1) is 10.1 Å². The molecule has 1 N–H and O–H groups in total. The zero-order valence-corrected chi connectivity index (χ0v) is 11.7. The summed E-state index contributed by atoms with van der Waals surface area (Å²) in [7, 11) is 0. The number of amides is 2. The van der Waals surface area contributed by atoms with Crippen LogP contribution in [0.1, 0.15) is 12.1 Å². The highest BCUT2D eigenvalue weighted by molar-refractivity contribution is 6.04. The van der Waals surface area contributed by atoms with Gasteiger partial charge in [0.25, 0.3) is 11.6 Å². The Balaban J connectivity index is 1.65. The Labute approximate surface area is 129 Å². The van der Waals surface area contributed by atoms with Gasteiger partial charge < -0.3 is 4.74 Å². The molecule has 1 aromatic carbocycles. The third kappa shape index (κ3) is 3.21. The molecule has 1 atom stereocenters. The number of carbonyl (C=O) groups is 2. The summed E-state index contributed by atoms with van der Waals surface area (Å²) in [4.78, 5) is 32.5. The van der Waals surface area contributed by atoms with E-state index in [0.717, 1.165) is 0 Å². The van der Waals surface area contributed by atoms with Gasteiger partial charge in [0.2, 0.25) is 5.91 Å². The summed E-state index contributed by atoms with van der Waals surface area (Å²) in [5, 5.41) is 20.5. The standard InChI is InChI=1S/C13H11N5O5/c19-12-5-11(13(20)14-12)23-7-8-6-17(16-15-8)9-1-3-10(4-2-9)18(21)22/h1-4,6,11H,5,7H2,(H,14,19,20). The van der Waals surface area contributed by atoms with Gasteiger partial charge in [0.15, 0.2) is 0 Å². The van der Waals surface area contributed by atoms with Crippen molar-refractivity contribution in [1.82, 2.24) is 20.3 Å². The van der Waals surface area contributed by atoms with Gasteiger partial charge in [0.1, 0.15) is 11.8 Å². The van der Waals surface area contributed by atoms with Crippen LogP contribution in [0.15, 0.2) is 30.5 Å². The summed E-state index contributed by atoms with van der Waals surface area (Å²) in [6, 6.07) is 5.81. The monoisotopic (exact) mass is 317 g/mol. The maximum absolute atomic E-state index is 11.4. The minimum Gasteiger partial charge on any atom is -0.361 e. The second-order valence-corrected chi connectivity index (χ2v) is 4.84. The number of imide groups is 1. The normalized spacial score (nSPS) is 17.3. The zero-order chi connectivity index (χ0) is 16.4. The molecule has 2 amide bonds. The molecule has 2 aromatic rings. The molecule has 0 aliphatic carbocycles. The number of rotatable bonds is 5. The number of carbonyl (C=O) groups excluding carboxylic acids is 2. The van der Waals surface area contributed by atoms with Crippen LogP contribution in [-0.4, -0.2) is 37.8 Å². The van der Waals surface area contributed by atoms with Crippen LogP contribution in [0.2, 0.25) is 0 Å². The van der Waals surface area contributed by atoms with Crippen molar-refractivity contribution in [2.24, 2.45) is 0 Å². The predicted molar refractivity (Wildman–Crippen MR) is 74.4 cm³/mol. The second kappa shape index (κ2) is 5.93. The van der Waals surface area contributed by atoms with Gasteiger partial charge >= 0.3 is 0 Å². The Kier molecular flexibility index (Phi) is 3.81. The number of nitrogens with zero attached hydrogens (tertiary/aromatic N) is 4. The number of hydrogen-bond donors (Lipinski definition) is 1. The van der Waals surface area contributed by atoms with E-state index in [1.807, 2.05) is 0 Å². The molecule has 10 nitrogen and oxygen atoms in total. The minimum absolute atomic E-state index is 0.00464. The van der Waals surface area contributed by atoms with Crippen LogP contribution in [0.5, 0.6) is 0 Å². The van der Waals surface area contributed by atoms with Gasteiger partial charge in [-0.2, -0.15) is 0 Å². The summed E-state index contributed by atoms with van der Waals surface area (Å²) in [6.45, 7) is 0.0261. The molecule has 3 rings (SSSR count). The van der Waals surface area contributed by atoms with E-state index in [9.17, 15) is 19.7 Å². The first-order valence-electron chi connectivity index (χ1n) is 6.64. The molecule has 1 aliphatic rings. The van der Waals surface area contributed by atoms with E-state index in [2.05, 4.69) is 15.6 Å². The number of benzene rings is 1. The van der Waals surface area contributed by atoms with E-state index in [0.29, 0.717) is 11.4 Å². The fourth-order valence-corrected chi connectivity index (χ4v) is 2.07. The number of nitrogens with one attached hydrogen (secondary N) is 1. The van der Waals surface area contributed by atoms with Gasteiger partial charge in [-0.1, -0.05) is 5.21 Å². The Bertz CT molecular complexity index is 769. The van der Waals surface area contributed by atoms with E-state index < -0.39 is 16.9 Å². The second-order valence-electron chi connectivity index (χ2n) is 4.84. The molecule has 1 aliphatic heterocycles. The summed E-state index contributed by atoms with van der Waals surface area (Å²) in [6.07, 6.45) is 0.762. The quantitative estimate of drug-likeness (QED) is 0.470. The van der Waals surface area contributed by atoms with Gasteiger partial charge in [0.05, 0.1) is 29.8 Å². The van der Waals surface area contributed by atoms with Crippen molar-refractivity contribution in [3.05, 3.63) is 46.3 Å². The van der Waals surface area contributed by atoms with Crippen molar-refractivity contribution in [1.29, 1.82) is 0 Å². The van der Waals surface area contributed by atoms with E-state index >= 15 is 0 Å². The van der Waals surface area contributed by atoms with Crippen LogP contribution < -0.4 is 5.32 Å². The average molecular weight is 317 g/mol. The first kappa shape index (κ1) is 14.8. The fraction of sp³-hybridized carbons (Fsp3) is 0.231. The molecule has 0 bridgehead atoms. The fourth-order valence-electron chi connectivity index (χ4n) is 2.07. The summed E-state index contributed by atoms with van der Waals surface area (Å²) < 4.78 is 6.77. The topological polar surface area (TPSA) is 129 Å². The summed E-state index contributed by atoms with van der Waals surface area (Å²) in [5.41, 5.74) is 1.05. The third-order valence-electron chi connectivity index (χ3n) is 3.22. The number of nitro groups is 1. The van der Waals surface area contributed by atoms with Crippen molar-refractivity contribution in [3.8, 4) is 5.69 Å². The molecule has 0 spiro atoms. The number of aromatic nitrogens is 3. The van der Waals surface area contributed by atoms with Gasteiger partial charge in [-0.3, -0.25) is 25.0 Å². The molecule has 118 valence electrons. The molecular weight excluding hydrogens is 306 g/mol. The van der Waals surface area contributed by atoms with Crippen molar-refractivity contribution >= 4 is 17.5 Å². The Morgan fingerprint density at radius 2 is 2.09 bits per heavy atom. The first-order valence-corrected chi connectivity index (χ1v) is 6.64. The number of non-ortho nitro benzene ring substituents is 1. The molecular formula is C13H11N5O5. The molecule has 1 fully saturated rings. The molecule has 1 aromatic heterocycles. The van der Waals surface area contributed by atoms with E-state index in [1.165, 1.54) is 16.8 Å².